The topological polar surface area (TPSA) is 46.5 Å². The Labute approximate surface area is 258 Å². The van der Waals surface area contributed by atoms with Crippen LogP contribution in [0.25, 0.3) is 22.3 Å². The second kappa shape index (κ2) is 15.5. The molecule has 1 fully saturated rings. The molecule has 0 amide bonds. The summed E-state index contributed by atoms with van der Waals surface area (Å²) in [6.07, 6.45) is 7.16. The maximum Gasteiger partial charge on any atom is 0.333 e. The van der Waals surface area contributed by atoms with Gasteiger partial charge in [0, 0.05) is 29.2 Å². The zero-order chi connectivity index (χ0) is 31.8. The van der Waals surface area contributed by atoms with Crippen molar-refractivity contribution in [1.82, 2.24) is 0 Å². The van der Waals surface area contributed by atoms with Crippen LogP contribution in [0.4, 0.5) is 17.6 Å². The Morgan fingerprint density at radius 3 is 2.20 bits per heavy atom. The van der Waals surface area contributed by atoms with E-state index in [1.807, 2.05) is 6.92 Å². The Bertz CT molecular complexity index is 1460. The number of esters is 1. The van der Waals surface area contributed by atoms with E-state index < -0.39 is 29.2 Å². The van der Waals surface area contributed by atoms with Gasteiger partial charge in [-0.1, -0.05) is 62.7 Å². The Balaban J connectivity index is 1.40. The molecule has 1 aliphatic carbocycles. The van der Waals surface area contributed by atoms with E-state index in [1.165, 1.54) is 24.3 Å². The third-order valence-corrected chi connectivity index (χ3v) is 8.81. The third kappa shape index (κ3) is 8.17. The normalized spacial score (nSPS) is 17.3. The van der Waals surface area contributed by atoms with E-state index in [0.717, 1.165) is 57.4 Å². The van der Waals surface area contributed by atoms with Crippen LogP contribution < -0.4 is 0 Å². The molecule has 236 valence electrons. The molecule has 0 radical (unpaired) electrons. The number of halogens is 4. The van der Waals surface area contributed by atoms with Crippen molar-refractivity contribution in [3.8, 4) is 22.3 Å². The van der Waals surface area contributed by atoms with E-state index in [4.69, 9.17) is 4.74 Å². The van der Waals surface area contributed by atoms with Gasteiger partial charge in [0.05, 0.1) is 6.61 Å². The van der Waals surface area contributed by atoms with Crippen LogP contribution in [0, 0.1) is 35.1 Å². The summed E-state index contributed by atoms with van der Waals surface area (Å²) in [7, 11) is 0. The number of carbonyl (C=O) groups excluding carboxylic acids is 1. The monoisotopic (exact) mass is 610 g/mol. The van der Waals surface area contributed by atoms with Gasteiger partial charge in [-0.05, 0) is 98.1 Å². The molecule has 0 saturated heterocycles. The highest BCUT2D eigenvalue weighted by Gasteiger charge is 2.27. The number of ether oxygens (including phenoxy) is 1. The van der Waals surface area contributed by atoms with E-state index in [1.54, 1.807) is 25.1 Å². The number of aliphatic hydroxyl groups is 1. The molecule has 7 heteroatoms. The molecule has 3 aromatic rings. The number of unbranched alkanes of at least 4 members (excludes halogenated alkanes) is 2. The summed E-state index contributed by atoms with van der Waals surface area (Å²) in [5.41, 5.74) is 1.99. The third-order valence-electron chi connectivity index (χ3n) is 8.81. The first-order valence-corrected chi connectivity index (χ1v) is 15.6. The quantitative estimate of drug-likeness (QED) is 0.0907. The van der Waals surface area contributed by atoms with Gasteiger partial charge in [0.25, 0.3) is 0 Å². The van der Waals surface area contributed by atoms with Gasteiger partial charge in [0.2, 0.25) is 0 Å². The molecule has 0 heterocycles. The first-order valence-electron chi connectivity index (χ1n) is 15.6. The van der Waals surface area contributed by atoms with Crippen molar-refractivity contribution in [3.05, 3.63) is 95.1 Å². The Hall–Kier alpha value is -3.45. The predicted octanol–water partition coefficient (Wildman–Crippen LogP) is 9.70. The van der Waals surface area contributed by atoms with Gasteiger partial charge in [-0.3, -0.25) is 0 Å². The summed E-state index contributed by atoms with van der Waals surface area (Å²) in [6.45, 7) is 7.26. The van der Waals surface area contributed by atoms with Crippen molar-refractivity contribution < 1.29 is 32.2 Å². The molecule has 0 aliphatic heterocycles. The van der Waals surface area contributed by atoms with E-state index >= 15 is 8.78 Å². The summed E-state index contributed by atoms with van der Waals surface area (Å²) in [5, 5.41) is 9.73. The van der Waals surface area contributed by atoms with Gasteiger partial charge in [0.1, 0.15) is 11.6 Å². The minimum atomic E-state index is -0.991. The lowest BCUT2D eigenvalue weighted by Crippen LogP contribution is -2.23. The van der Waals surface area contributed by atoms with E-state index in [0.29, 0.717) is 34.6 Å². The molecular weight excluding hydrogens is 568 g/mol. The summed E-state index contributed by atoms with van der Waals surface area (Å²) in [6, 6.07) is 12.0. The standard InChI is InChI=1S/C37H42F4O3/c1-4-5-6-7-27-12-17-32(36(41)35(27)40)29-14-16-31(34(39)20-29)28-13-15-30(33(38)19-28)26-10-8-24(9-11-26)18-25(21-42)22-44-37(43)23(2)3/h12-17,19-20,24-26,42H,2,4-11,18,21-22H2,1,3H3. The SMILES string of the molecule is C=C(C)C(=O)OCC(CO)CC1CCC(c2ccc(-c3ccc(-c4ccc(CCCCC)c(F)c4F)cc3F)cc2F)CC1. The molecule has 4 rings (SSSR count). The first kappa shape index (κ1) is 33.4. The molecule has 1 saturated carbocycles. The van der Waals surface area contributed by atoms with Crippen molar-refractivity contribution in [1.29, 1.82) is 0 Å². The van der Waals surface area contributed by atoms with Crippen LogP contribution in [-0.4, -0.2) is 24.3 Å². The molecule has 3 nitrogen and oxygen atoms in total. The summed E-state index contributed by atoms with van der Waals surface area (Å²) in [5.74, 6) is -3.17. The van der Waals surface area contributed by atoms with Crippen molar-refractivity contribution in [2.24, 2.45) is 11.8 Å². The summed E-state index contributed by atoms with van der Waals surface area (Å²) >= 11 is 0. The second-order valence-electron chi connectivity index (χ2n) is 12.2. The molecule has 0 aromatic heterocycles. The Morgan fingerprint density at radius 1 is 0.909 bits per heavy atom. The van der Waals surface area contributed by atoms with Gasteiger partial charge in [-0.25, -0.2) is 22.4 Å². The molecule has 44 heavy (non-hydrogen) atoms. The Kier molecular flexibility index (Phi) is 11.8. The number of rotatable bonds is 13. The second-order valence-corrected chi connectivity index (χ2v) is 12.2. The highest BCUT2D eigenvalue weighted by Crippen LogP contribution is 2.40. The average molecular weight is 611 g/mol. The number of aryl methyl sites for hydroxylation is 1. The van der Waals surface area contributed by atoms with Gasteiger partial charge in [-0.15, -0.1) is 0 Å². The first-order chi connectivity index (χ1) is 21.1. The van der Waals surface area contributed by atoms with Crippen molar-refractivity contribution >= 4 is 5.97 Å². The zero-order valence-corrected chi connectivity index (χ0v) is 25.6. The lowest BCUT2D eigenvalue weighted by Gasteiger charge is -2.31. The van der Waals surface area contributed by atoms with Crippen LogP contribution in [0.3, 0.4) is 0 Å². The fourth-order valence-corrected chi connectivity index (χ4v) is 6.21. The maximum absolute atomic E-state index is 15.3. The van der Waals surface area contributed by atoms with E-state index in [-0.39, 0.29) is 41.7 Å². The van der Waals surface area contributed by atoms with Crippen molar-refractivity contribution in [3.63, 3.8) is 0 Å². The molecule has 1 unspecified atom stereocenters. The minimum Gasteiger partial charge on any atom is -0.462 e. The predicted molar refractivity (Wildman–Crippen MR) is 166 cm³/mol. The lowest BCUT2D eigenvalue weighted by molar-refractivity contribution is -0.140. The van der Waals surface area contributed by atoms with Crippen LogP contribution in [0.5, 0.6) is 0 Å². The van der Waals surface area contributed by atoms with Crippen molar-refractivity contribution in [2.45, 2.75) is 77.6 Å². The lowest BCUT2D eigenvalue weighted by atomic mass is 9.75. The highest BCUT2D eigenvalue weighted by molar-refractivity contribution is 5.86. The highest BCUT2D eigenvalue weighted by atomic mass is 19.2. The molecule has 0 bridgehead atoms. The van der Waals surface area contributed by atoms with Crippen LogP contribution in [0.2, 0.25) is 0 Å². The van der Waals surface area contributed by atoms with Gasteiger partial charge in [0.15, 0.2) is 11.6 Å². The molecule has 1 aliphatic rings. The zero-order valence-electron chi connectivity index (χ0n) is 25.6. The number of aliphatic hydroxyl groups excluding tert-OH is 1. The van der Waals surface area contributed by atoms with Gasteiger partial charge < -0.3 is 9.84 Å². The van der Waals surface area contributed by atoms with Crippen LogP contribution in [-0.2, 0) is 16.0 Å². The number of carbonyl (C=O) groups is 1. The van der Waals surface area contributed by atoms with Crippen LogP contribution >= 0.6 is 0 Å². The van der Waals surface area contributed by atoms with E-state index in [2.05, 4.69) is 6.58 Å². The van der Waals surface area contributed by atoms with Crippen LogP contribution in [0.15, 0.2) is 60.7 Å². The van der Waals surface area contributed by atoms with Crippen LogP contribution in [0.1, 0.15) is 82.3 Å². The molecule has 1 N–H and O–H groups in total. The number of hydrogen-bond acceptors (Lipinski definition) is 3. The fourth-order valence-electron chi connectivity index (χ4n) is 6.21. The molecule has 1 atom stereocenters. The minimum absolute atomic E-state index is 0.0116. The van der Waals surface area contributed by atoms with Gasteiger partial charge in [-0.2, -0.15) is 0 Å². The molecular formula is C37H42F4O3. The molecule has 0 spiro atoms. The van der Waals surface area contributed by atoms with Gasteiger partial charge >= 0.3 is 5.97 Å². The number of hydrogen-bond donors (Lipinski definition) is 1. The average Bonchev–Trinajstić information content (AvgIpc) is 3.01. The smallest absolute Gasteiger partial charge is 0.333 e. The summed E-state index contributed by atoms with van der Waals surface area (Å²) < 4.78 is 65.4. The summed E-state index contributed by atoms with van der Waals surface area (Å²) in [4.78, 5) is 11.7. The maximum atomic E-state index is 15.3. The Morgan fingerprint density at radius 2 is 1.57 bits per heavy atom. The fraction of sp³-hybridized carbons (Fsp3) is 0.432. The largest absolute Gasteiger partial charge is 0.462 e. The number of benzene rings is 3. The van der Waals surface area contributed by atoms with Crippen molar-refractivity contribution in [2.75, 3.05) is 13.2 Å². The van der Waals surface area contributed by atoms with E-state index in [9.17, 15) is 18.7 Å². The molecule has 3 aromatic carbocycles.